The maximum atomic E-state index is 12.9. The molecule has 1 aromatic rings. The number of carbonyl (C=O) groups excluding carboxylic acids is 2. The summed E-state index contributed by atoms with van der Waals surface area (Å²) in [7, 11) is 4.94. The second kappa shape index (κ2) is 7.14. The minimum absolute atomic E-state index is 0.0289. The van der Waals surface area contributed by atoms with E-state index in [2.05, 4.69) is 5.32 Å². The largest absolute Gasteiger partial charge is 0.497 e. The highest BCUT2D eigenvalue weighted by Gasteiger charge is 2.42. The van der Waals surface area contributed by atoms with Gasteiger partial charge in [-0.25, -0.2) is 4.79 Å². The van der Waals surface area contributed by atoms with Crippen LogP contribution in [0.3, 0.4) is 0 Å². The van der Waals surface area contributed by atoms with Gasteiger partial charge in [0.15, 0.2) is 0 Å². The Bertz CT molecular complexity index is 699. The van der Waals surface area contributed by atoms with Crippen LogP contribution >= 0.6 is 0 Å². The van der Waals surface area contributed by atoms with Gasteiger partial charge in [0, 0.05) is 27.3 Å². The van der Waals surface area contributed by atoms with Crippen LogP contribution in [0.25, 0.3) is 0 Å². The molecule has 25 heavy (non-hydrogen) atoms. The second-order valence-electron chi connectivity index (χ2n) is 6.15. The number of benzene rings is 1. The molecule has 3 amide bonds. The molecule has 2 aliphatic heterocycles. The number of ether oxygens (including phenoxy) is 2. The molecule has 0 spiro atoms. The fraction of sp³-hybridized carbons (Fsp3) is 0.444. The van der Waals surface area contributed by atoms with E-state index in [0.717, 1.165) is 23.4 Å². The zero-order chi connectivity index (χ0) is 18.0. The van der Waals surface area contributed by atoms with Crippen LogP contribution in [0.1, 0.15) is 18.0 Å². The number of carbonyl (C=O) groups is 2. The molecule has 2 heterocycles. The lowest BCUT2D eigenvalue weighted by molar-refractivity contribution is -0.125. The van der Waals surface area contributed by atoms with E-state index >= 15 is 0 Å². The van der Waals surface area contributed by atoms with E-state index < -0.39 is 6.04 Å². The smallest absolute Gasteiger partial charge is 0.322 e. The summed E-state index contributed by atoms with van der Waals surface area (Å²) in [6, 6.07) is 6.77. The maximum absolute atomic E-state index is 12.9. The Morgan fingerprint density at radius 3 is 2.56 bits per heavy atom. The summed E-state index contributed by atoms with van der Waals surface area (Å²) in [4.78, 5) is 28.5. The number of nitrogens with zero attached hydrogens (tertiary/aromatic N) is 2. The molecular formula is C18H23N3O4. The Morgan fingerprint density at radius 1 is 1.20 bits per heavy atom. The quantitative estimate of drug-likeness (QED) is 0.794. The van der Waals surface area contributed by atoms with Gasteiger partial charge in [-0.2, -0.15) is 0 Å². The summed E-state index contributed by atoms with van der Waals surface area (Å²) in [6.45, 7) is 1.66. The van der Waals surface area contributed by atoms with Gasteiger partial charge in [-0.1, -0.05) is 12.1 Å². The first kappa shape index (κ1) is 17.3. The number of hydrogen-bond acceptors (Lipinski definition) is 4. The van der Waals surface area contributed by atoms with Crippen molar-refractivity contribution in [2.24, 2.45) is 0 Å². The summed E-state index contributed by atoms with van der Waals surface area (Å²) in [5.74, 6) is 0.704. The maximum Gasteiger partial charge on any atom is 0.322 e. The Hall–Kier alpha value is -2.54. The minimum Gasteiger partial charge on any atom is -0.497 e. The monoisotopic (exact) mass is 345 g/mol. The topological polar surface area (TPSA) is 71.1 Å². The third-order valence-electron chi connectivity index (χ3n) is 4.66. The third-order valence-corrected chi connectivity index (χ3v) is 4.66. The summed E-state index contributed by atoms with van der Waals surface area (Å²) < 4.78 is 10.2. The highest BCUT2D eigenvalue weighted by Crippen LogP contribution is 2.36. The zero-order valence-corrected chi connectivity index (χ0v) is 14.7. The number of urea groups is 1. The summed E-state index contributed by atoms with van der Waals surface area (Å²) in [5.41, 5.74) is 2.28. The molecule has 0 aliphatic carbocycles. The Kier molecular flexibility index (Phi) is 4.94. The molecule has 134 valence electrons. The lowest BCUT2D eigenvalue weighted by Crippen LogP contribution is -2.45. The predicted octanol–water partition coefficient (Wildman–Crippen LogP) is 1.52. The van der Waals surface area contributed by atoms with Crippen molar-refractivity contribution in [2.75, 3.05) is 41.0 Å². The third kappa shape index (κ3) is 3.19. The molecule has 1 unspecified atom stereocenters. The van der Waals surface area contributed by atoms with Gasteiger partial charge in [-0.05, 0) is 24.1 Å². The van der Waals surface area contributed by atoms with Crippen LogP contribution in [0.15, 0.2) is 35.5 Å². The van der Waals surface area contributed by atoms with Crippen molar-refractivity contribution in [3.8, 4) is 5.75 Å². The average molecular weight is 345 g/mol. The molecule has 1 N–H and O–H groups in total. The van der Waals surface area contributed by atoms with Gasteiger partial charge in [0.1, 0.15) is 5.75 Å². The highest BCUT2D eigenvalue weighted by molar-refractivity contribution is 6.01. The summed E-state index contributed by atoms with van der Waals surface area (Å²) in [5, 5.41) is 2.93. The van der Waals surface area contributed by atoms with Gasteiger partial charge in [0.2, 0.25) is 0 Å². The van der Waals surface area contributed by atoms with Crippen molar-refractivity contribution in [3.05, 3.63) is 41.1 Å². The molecule has 0 aromatic heterocycles. The van der Waals surface area contributed by atoms with Crippen LogP contribution in [0, 0.1) is 0 Å². The summed E-state index contributed by atoms with van der Waals surface area (Å²) >= 11 is 0. The number of hydrogen-bond donors (Lipinski definition) is 1. The molecule has 1 aromatic carbocycles. The van der Waals surface area contributed by atoms with Crippen molar-refractivity contribution in [2.45, 2.75) is 12.5 Å². The van der Waals surface area contributed by atoms with Gasteiger partial charge in [0.05, 0.1) is 31.0 Å². The van der Waals surface area contributed by atoms with E-state index in [-0.39, 0.29) is 11.9 Å². The molecule has 0 saturated carbocycles. The van der Waals surface area contributed by atoms with Gasteiger partial charge in [-0.15, -0.1) is 0 Å². The van der Waals surface area contributed by atoms with Crippen molar-refractivity contribution < 1.29 is 19.1 Å². The van der Waals surface area contributed by atoms with Crippen LogP contribution in [0.2, 0.25) is 0 Å². The van der Waals surface area contributed by atoms with Crippen molar-refractivity contribution in [1.29, 1.82) is 0 Å². The van der Waals surface area contributed by atoms with E-state index in [1.54, 1.807) is 26.2 Å². The van der Waals surface area contributed by atoms with E-state index in [0.29, 0.717) is 25.3 Å². The molecule has 7 nitrogen and oxygen atoms in total. The van der Waals surface area contributed by atoms with Crippen molar-refractivity contribution in [3.63, 3.8) is 0 Å². The molecule has 0 saturated heterocycles. The first-order valence-corrected chi connectivity index (χ1v) is 8.26. The van der Waals surface area contributed by atoms with Gasteiger partial charge in [-0.3, -0.25) is 9.69 Å². The van der Waals surface area contributed by atoms with Crippen molar-refractivity contribution in [1.82, 2.24) is 15.1 Å². The molecule has 3 rings (SSSR count). The van der Waals surface area contributed by atoms with Gasteiger partial charge < -0.3 is 19.7 Å². The molecule has 7 heteroatoms. The van der Waals surface area contributed by atoms with Crippen LogP contribution in [-0.2, 0) is 9.53 Å². The number of rotatable bonds is 6. The van der Waals surface area contributed by atoms with E-state index in [9.17, 15) is 9.59 Å². The fourth-order valence-corrected chi connectivity index (χ4v) is 3.25. The predicted molar refractivity (Wildman–Crippen MR) is 92.1 cm³/mol. The molecule has 0 fully saturated rings. The van der Waals surface area contributed by atoms with E-state index in [4.69, 9.17) is 9.47 Å². The average Bonchev–Trinajstić information content (AvgIpc) is 2.96. The van der Waals surface area contributed by atoms with Gasteiger partial charge >= 0.3 is 6.03 Å². The van der Waals surface area contributed by atoms with Crippen LogP contribution < -0.4 is 10.1 Å². The Morgan fingerprint density at radius 2 is 1.92 bits per heavy atom. The molecule has 1 atom stereocenters. The van der Waals surface area contributed by atoms with E-state index in [1.165, 1.54) is 4.90 Å². The standard InChI is InChI=1S/C18H23N3O4/c1-20-14-11-21(9-4-10-24-2)17(22)15(14)16(19-18(20)23)12-5-7-13(25-3)8-6-12/h5-8,16H,4,9-11H2,1-3H3,(H,19,23). The van der Waals surface area contributed by atoms with Crippen LogP contribution in [0.5, 0.6) is 5.75 Å². The Balaban J connectivity index is 1.88. The number of nitrogens with one attached hydrogen (secondary N) is 1. The molecule has 0 bridgehead atoms. The zero-order valence-electron chi connectivity index (χ0n) is 14.7. The van der Waals surface area contributed by atoms with E-state index in [1.807, 2.05) is 24.3 Å². The second-order valence-corrected chi connectivity index (χ2v) is 6.15. The fourth-order valence-electron chi connectivity index (χ4n) is 3.25. The lowest BCUT2D eigenvalue weighted by atomic mass is 9.95. The number of likely N-dealkylation sites (N-methyl/N-ethyl adjacent to an activating group) is 1. The minimum atomic E-state index is -0.440. The summed E-state index contributed by atoms with van der Waals surface area (Å²) in [6.07, 6.45) is 0.765. The van der Waals surface area contributed by atoms with Crippen molar-refractivity contribution >= 4 is 11.9 Å². The molecular weight excluding hydrogens is 322 g/mol. The molecule has 0 radical (unpaired) electrons. The highest BCUT2D eigenvalue weighted by atomic mass is 16.5. The SMILES string of the molecule is COCCCN1CC2=C(C1=O)C(c1ccc(OC)cc1)NC(=O)N2C. The number of methoxy groups -OCH3 is 2. The molecule has 2 aliphatic rings. The van der Waals surface area contributed by atoms with Crippen LogP contribution in [0.4, 0.5) is 4.79 Å². The first-order chi connectivity index (χ1) is 12.1. The van der Waals surface area contributed by atoms with Crippen LogP contribution in [-0.4, -0.2) is 62.7 Å². The normalized spacial score (nSPS) is 20.0. The van der Waals surface area contributed by atoms with Gasteiger partial charge in [0.25, 0.3) is 5.91 Å². The lowest BCUT2D eigenvalue weighted by Gasteiger charge is -2.31. The Labute approximate surface area is 147 Å². The first-order valence-electron chi connectivity index (χ1n) is 8.26. The number of amides is 3.